The molecule has 2 N–H and O–H groups in total. The zero-order valence-electron chi connectivity index (χ0n) is 13.8. The van der Waals surface area contributed by atoms with Gasteiger partial charge in [0.25, 0.3) is 0 Å². The van der Waals surface area contributed by atoms with E-state index in [1.54, 1.807) is 17.9 Å². The lowest BCUT2D eigenvalue weighted by Gasteiger charge is -2.18. The van der Waals surface area contributed by atoms with E-state index in [4.69, 9.17) is 0 Å². The minimum atomic E-state index is -4.12. The van der Waals surface area contributed by atoms with Crippen LogP contribution in [0.2, 0.25) is 0 Å². The van der Waals surface area contributed by atoms with Gasteiger partial charge in [0.05, 0.1) is 18.8 Å². The summed E-state index contributed by atoms with van der Waals surface area (Å²) in [6, 6.07) is 1.91. The standard InChI is InChI=1S/C14H23F3N6.HI/c1-18-13(20-8-12-3-5-21-22(12)2)19-7-11-4-6-23(9-11)10-14(15,16)17;/h3,5,11H,4,6-10H2,1-2H3,(H2,18,19,20);1H. The van der Waals surface area contributed by atoms with Crippen LogP contribution in [0.25, 0.3) is 0 Å². The van der Waals surface area contributed by atoms with Gasteiger partial charge in [-0.25, -0.2) is 0 Å². The lowest BCUT2D eigenvalue weighted by Crippen LogP contribution is -2.40. The Morgan fingerprint density at radius 3 is 2.75 bits per heavy atom. The SMILES string of the molecule is CN=C(NCc1ccnn1C)NCC1CCN(CC(F)(F)F)C1.I. The van der Waals surface area contributed by atoms with Gasteiger partial charge in [0.15, 0.2) is 5.96 Å². The number of hydrogen-bond acceptors (Lipinski definition) is 3. The van der Waals surface area contributed by atoms with Gasteiger partial charge in [-0.2, -0.15) is 18.3 Å². The van der Waals surface area contributed by atoms with Crippen LogP contribution in [0, 0.1) is 5.92 Å². The molecule has 1 aromatic heterocycles. The molecule has 0 amide bonds. The average Bonchev–Trinajstić information content (AvgIpc) is 3.07. The predicted octanol–water partition coefficient (Wildman–Crippen LogP) is 1.59. The number of nitrogens with one attached hydrogen (secondary N) is 2. The van der Waals surface area contributed by atoms with Crippen LogP contribution in [-0.2, 0) is 13.6 Å². The van der Waals surface area contributed by atoms with Gasteiger partial charge in [-0.05, 0) is 24.9 Å². The van der Waals surface area contributed by atoms with E-state index < -0.39 is 12.7 Å². The second-order valence-electron chi connectivity index (χ2n) is 5.76. The van der Waals surface area contributed by atoms with Crippen molar-refractivity contribution in [2.75, 3.05) is 33.2 Å². The van der Waals surface area contributed by atoms with Gasteiger partial charge in [-0.15, -0.1) is 24.0 Å². The number of aromatic nitrogens is 2. The van der Waals surface area contributed by atoms with Gasteiger partial charge in [0.1, 0.15) is 0 Å². The summed E-state index contributed by atoms with van der Waals surface area (Å²) < 4.78 is 38.9. The molecule has 1 aromatic rings. The Kier molecular flexibility index (Phi) is 8.27. The van der Waals surface area contributed by atoms with Crippen molar-refractivity contribution < 1.29 is 13.2 Å². The van der Waals surface area contributed by atoms with Gasteiger partial charge in [-0.1, -0.05) is 0 Å². The number of hydrogen-bond donors (Lipinski definition) is 2. The summed E-state index contributed by atoms with van der Waals surface area (Å²) >= 11 is 0. The number of alkyl halides is 3. The summed E-state index contributed by atoms with van der Waals surface area (Å²) in [5, 5.41) is 10.4. The Morgan fingerprint density at radius 1 is 1.42 bits per heavy atom. The molecule has 0 aromatic carbocycles. The van der Waals surface area contributed by atoms with Crippen LogP contribution < -0.4 is 10.6 Å². The van der Waals surface area contributed by atoms with Crippen molar-refractivity contribution in [1.29, 1.82) is 0 Å². The van der Waals surface area contributed by atoms with Crippen LogP contribution in [0.5, 0.6) is 0 Å². The Bertz CT molecular complexity index is 531. The molecule has 0 saturated carbocycles. The molecule has 1 aliphatic rings. The molecular weight excluding hydrogens is 436 g/mol. The first-order valence-electron chi connectivity index (χ1n) is 7.58. The predicted molar refractivity (Wildman–Crippen MR) is 97.4 cm³/mol. The smallest absolute Gasteiger partial charge is 0.356 e. The molecule has 1 unspecified atom stereocenters. The van der Waals surface area contributed by atoms with E-state index in [0.717, 1.165) is 12.1 Å². The lowest BCUT2D eigenvalue weighted by molar-refractivity contribution is -0.143. The van der Waals surface area contributed by atoms with Crippen molar-refractivity contribution in [3.05, 3.63) is 18.0 Å². The third-order valence-corrected chi connectivity index (χ3v) is 3.91. The second-order valence-corrected chi connectivity index (χ2v) is 5.76. The summed E-state index contributed by atoms with van der Waals surface area (Å²) in [6.45, 7) is 1.33. The Morgan fingerprint density at radius 2 is 2.17 bits per heavy atom. The summed E-state index contributed by atoms with van der Waals surface area (Å²) in [5.74, 6) is 0.841. The number of guanidine groups is 1. The molecule has 0 spiro atoms. The molecule has 1 aliphatic heterocycles. The van der Waals surface area contributed by atoms with Gasteiger partial charge in [0.2, 0.25) is 0 Å². The van der Waals surface area contributed by atoms with E-state index in [9.17, 15) is 13.2 Å². The monoisotopic (exact) mass is 460 g/mol. The van der Waals surface area contributed by atoms with Crippen molar-refractivity contribution in [3.63, 3.8) is 0 Å². The van der Waals surface area contributed by atoms with Crippen molar-refractivity contribution in [2.24, 2.45) is 18.0 Å². The van der Waals surface area contributed by atoms with Crippen molar-refractivity contribution in [1.82, 2.24) is 25.3 Å². The Balaban J connectivity index is 0.00000288. The van der Waals surface area contributed by atoms with E-state index in [-0.39, 0.29) is 29.9 Å². The summed E-state index contributed by atoms with van der Waals surface area (Å²) in [5.41, 5.74) is 1.02. The van der Waals surface area contributed by atoms with Gasteiger partial charge >= 0.3 is 6.18 Å². The van der Waals surface area contributed by atoms with Crippen molar-refractivity contribution in [2.45, 2.75) is 19.1 Å². The molecule has 0 aliphatic carbocycles. The first-order chi connectivity index (χ1) is 10.9. The van der Waals surface area contributed by atoms with Crippen LogP contribution in [-0.4, -0.2) is 60.0 Å². The van der Waals surface area contributed by atoms with Crippen molar-refractivity contribution in [3.8, 4) is 0 Å². The number of rotatable bonds is 5. The molecular formula is C14H24F3IN6. The highest BCUT2D eigenvalue weighted by Crippen LogP contribution is 2.22. The summed E-state index contributed by atoms with van der Waals surface area (Å²) in [6.07, 6.45) is -1.63. The minimum absolute atomic E-state index is 0. The molecule has 138 valence electrons. The van der Waals surface area contributed by atoms with Crippen LogP contribution in [0.15, 0.2) is 17.3 Å². The van der Waals surface area contributed by atoms with E-state index in [2.05, 4.69) is 20.7 Å². The van der Waals surface area contributed by atoms with Gasteiger partial charge in [0, 0.05) is 33.4 Å². The second kappa shape index (κ2) is 9.44. The molecule has 0 radical (unpaired) electrons. The zero-order chi connectivity index (χ0) is 16.9. The molecule has 1 saturated heterocycles. The quantitative estimate of drug-likeness (QED) is 0.398. The van der Waals surface area contributed by atoms with Crippen LogP contribution >= 0.6 is 24.0 Å². The maximum atomic E-state index is 12.4. The van der Waals surface area contributed by atoms with E-state index in [1.165, 1.54) is 4.90 Å². The van der Waals surface area contributed by atoms with E-state index >= 15 is 0 Å². The normalized spacial score (nSPS) is 19.2. The average molecular weight is 460 g/mol. The lowest BCUT2D eigenvalue weighted by atomic mass is 10.1. The fourth-order valence-corrected chi connectivity index (χ4v) is 2.69. The first kappa shape index (κ1) is 21.0. The maximum Gasteiger partial charge on any atom is 0.401 e. The van der Waals surface area contributed by atoms with Crippen LogP contribution in [0.1, 0.15) is 12.1 Å². The van der Waals surface area contributed by atoms with Crippen LogP contribution in [0.4, 0.5) is 13.2 Å². The van der Waals surface area contributed by atoms with Crippen LogP contribution in [0.3, 0.4) is 0 Å². The molecule has 6 nitrogen and oxygen atoms in total. The molecule has 0 bridgehead atoms. The molecule has 2 heterocycles. The van der Waals surface area contributed by atoms with Crippen molar-refractivity contribution >= 4 is 29.9 Å². The number of nitrogens with zero attached hydrogens (tertiary/aromatic N) is 4. The first-order valence-corrected chi connectivity index (χ1v) is 7.58. The number of aryl methyl sites for hydroxylation is 1. The maximum absolute atomic E-state index is 12.4. The van der Waals surface area contributed by atoms with E-state index in [1.807, 2.05) is 13.1 Å². The Labute approximate surface area is 156 Å². The highest BCUT2D eigenvalue weighted by Gasteiger charge is 2.34. The fraction of sp³-hybridized carbons (Fsp3) is 0.714. The van der Waals surface area contributed by atoms with Gasteiger partial charge in [-0.3, -0.25) is 14.6 Å². The number of likely N-dealkylation sites (tertiary alicyclic amines) is 1. The molecule has 2 rings (SSSR count). The number of halogens is 4. The third-order valence-electron chi connectivity index (χ3n) is 3.91. The summed E-state index contributed by atoms with van der Waals surface area (Å²) in [4.78, 5) is 5.58. The highest BCUT2D eigenvalue weighted by molar-refractivity contribution is 14.0. The Hall–Kier alpha value is -1.04. The number of aliphatic imine (C=N–C) groups is 1. The molecule has 1 atom stereocenters. The molecule has 1 fully saturated rings. The minimum Gasteiger partial charge on any atom is -0.356 e. The fourth-order valence-electron chi connectivity index (χ4n) is 2.69. The van der Waals surface area contributed by atoms with Gasteiger partial charge < -0.3 is 10.6 Å². The highest BCUT2D eigenvalue weighted by atomic mass is 127. The molecule has 24 heavy (non-hydrogen) atoms. The molecule has 10 heteroatoms. The summed E-state index contributed by atoms with van der Waals surface area (Å²) in [7, 11) is 3.53. The largest absolute Gasteiger partial charge is 0.401 e. The topological polar surface area (TPSA) is 57.5 Å². The third kappa shape index (κ3) is 6.83. The van der Waals surface area contributed by atoms with E-state index in [0.29, 0.717) is 32.1 Å². The zero-order valence-corrected chi connectivity index (χ0v) is 16.1.